The second-order valence-corrected chi connectivity index (χ2v) is 11.4. The Balaban J connectivity index is 1.31. The Bertz CT molecular complexity index is 1150. The predicted molar refractivity (Wildman–Crippen MR) is 140 cm³/mol. The number of aliphatic hydroxyl groups excluding tert-OH is 1. The highest BCUT2D eigenvalue weighted by atomic mass is 32.2. The summed E-state index contributed by atoms with van der Waals surface area (Å²) in [5.74, 6) is 0.214. The summed E-state index contributed by atoms with van der Waals surface area (Å²) in [6.07, 6.45) is 3.24. The molecule has 0 saturated carbocycles. The number of aliphatic hydroxyl groups is 1. The molecule has 4 rings (SSSR count). The van der Waals surface area contributed by atoms with Gasteiger partial charge in [0.2, 0.25) is 10.0 Å². The second-order valence-electron chi connectivity index (χ2n) is 9.64. The van der Waals surface area contributed by atoms with Crippen molar-refractivity contribution in [2.24, 2.45) is 0 Å². The minimum atomic E-state index is -3.47. The number of nitrogens with one attached hydrogen (secondary N) is 3. The first-order chi connectivity index (χ1) is 17.3. The van der Waals surface area contributed by atoms with Crippen LogP contribution in [0.4, 0.5) is 5.69 Å². The molecule has 196 valence electrons. The molecule has 0 bridgehead atoms. The minimum absolute atomic E-state index is 0.0683. The van der Waals surface area contributed by atoms with Gasteiger partial charge in [0.05, 0.1) is 18.0 Å². The standard InChI is InChI=1S/C26H36N4O5S/c1-36(33,34)29-23-9-4-10-24(26(23)20-8-5-12-27-14-20)35-18-25(32)28-15-22(31)17-30-13-11-19-6-2-3-7-21(19)16-30/h2-4,6-7,9-10,20,22,27,29,31H,5,8,11-18H2,1H3,(H,28,32). The number of piperidine rings is 1. The lowest BCUT2D eigenvalue weighted by molar-refractivity contribution is -0.123. The lowest BCUT2D eigenvalue weighted by Crippen LogP contribution is -2.43. The van der Waals surface area contributed by atoms with Crippen LogP contribution in [-0.4, -0.2) is 76.0 Å². The number of amides is 1. The number of nitrogens with zero attached hydrogens (tertiary/aromatic N) is 1. The lowest BCUT2D eigenvalue weighted by Gasteiger charge is -2.30. The smallest absolute Gasteiger partial charge is 0.258 e. The van der Waals surface area contributed by atoms with E-state index in [0.717, 1.165) is 50.7 Å². The van der Waals surface area contributed by atoms with Gasteiger partial charge in [-0.3, -0.25) is 14.4 Å². The van der Waals surface area contributed by atoms with Crippen molar-refractivity contribution in [1.82, 2.24) is 15.5 Å². The first-order valence-electron chi connectivity index (χ1n) is 12.5. The van der Waals surface area contributed by atoms with Gasteiger partial charge in [-0.25, -0.2) is 8.42 Å². The van der Waals surface area contributed by atoms with E-state index in [-0.39, 0.29) is 25.0 Å². The quantitative estimate of drug-likeness (QED) is 0.377. The highest BCUT2D eigenvalue weighted by molar-refractivity contribution is 7.92. The van der Waals surface area contributed by atoms with Crippen molar-refractivity contribution < 1.29 is 23.1 Å². The fourth-order valence-corrected chi connectivity index (χ4v) is 5.55. The maximum absolute atomic E-state index is 12.5. The zero-order chi connectivity index (χ0) is 25.5. The average Bonchev–Trinajstić information content (AvgIpc) is 2.86. The summed E-state index contributed by atoms with van der Waals surface area (Å²) in [6.45, 7) is 3.69. The number of β-amino-alcohol motifs (C(OH)–C–C–N with tert-alkyl or cyclic N) is 1. The molecule has 1 amide bonds. The second kappa shape index (κ2) is 12.1. The van der Waals surface area contributed by atoms with Gasteiger partial charge in [-0.2, -0.15) is 0 Å². The number of anilines is 1. The van der Waals surface area contributed by atoms with Crippen LogP contribution in [0.2, 0.25) is 0 Å². The minimum Gasteiger partial charge on any atom is -0.483 e. The van der Waals surface area contributed by atoms with E-state index in [1.165, 1.54) is 11.1 Å². The molecule has 0 radical (unpaired) electrons. The molecule has 9 nitrogen and oxygen atoms in total. The molecule has 2 unspecified atom stereocenters. The third-order valence-corrected chi connectivity index (χ3v) is 7.23. The zero-order valence-corrected chi connectivity index (χ0v) is 21.5. The SMILES string of the molecule is CS(=O)(=O)Nc1cccc(OCC(=O)NCC(O)CN2CCc3ccccc3C2)c1C1CCCNC1. The summed E-state index contributed by atoms with van der Waals surface area (Å²) in [5.41, 5.74) is 3.87. The molecule has 4 N–H and O–H groups in total. The van der Waals surface area contributed by atoms with Crippen molar-refractivity contribution in [1.29, 1.82) is 0 Å². The Kier molecular flexibility index (Phi) is 8.84. The molecule has 2 heterocycles. The van der Waals surface area contributed by atoms with E-state index < -0.39 is 16.1 Å². The number of ether oxygens (including phenoxy) is 1. The number of sulfonamides is 1. The Morgan fingerprint density at radius 2 is 2.03 bits per heavy atom. The summed E-state index contributed by atoms with van der Waals surface area (Å²) >= 11 is 0. The van der Waals surface area contributed by atoms with Crippen molar-refractivity contribution in [2.45, 2.75) is 37.8 Å². The van der Waals surface area contributed by atoms with E-state index in [1.807, 2.05) is 6.07 Å². The van der Waals surface area contributed by atoms with E-state index in [9.17, 15) is 18.3 Å². The lowest BCUT2D eigenvalue weighted by atomic mass is 9.90. The van der Waals surface area contributed by atoms with Crippen LogP contribution >= 0.6 is 0 Å². The van der Waals surface area contributed by atoms with Crippen molar-refractivity contribution in [3.05, 3.63) is 59.2 Å². The van der Waals surface area contributed by atoms with Crippen LogP contribution in [0.15, 0.2) is 42.5 Å². The number of fused-ring (bicyclic) bond motifs is 1. The van der Waals surface area contributed by atoms with Gasteiger partial charge in [-0.1, -0.05) is 30.3 Å². The summed E-state index contributed by atoms with van der Waals surface area (Å²) in [7, 11) is -3.47. The molecule has 2 aromatic rings. The fraction of sp³-hybridized carbons (Fsp3) is 0.500. The Morgan fingerprint density at radius 1 is 1.22 bits per heavy atom. The summed E-state index contributed by atoms with van der Waals surface area (Å²) in [4.78, 5) is 14.7. The molecular weight excluding hydrogens is 480 g/mol. The molecule has 36 heavy (non-hydrogen) atoms. The molecule has 2 atom stereocenters. The Hall–Kier alpha value is -2.66. The average molecular weight is 517 g/mol. The first-order valence-corrected chi connectivity index (χ1v) is 14.4. The molecule has 10 heteroatoms. The predicted octanol–water partition coefficient (Wildman–Crippen LogP) is 1.44. The van der Waals surface area contributed by atoms with Crippen LogP contribution in [0.25, 0.3) is 0 Å². The fourth-order valence-electron chi connectivity index (χ4n) is 4.98. The zero-order valence-electron chi connectivity index (χ0n) is 20.7. The highest BCUT2D eigenvalue weighted by Gasteiger charge is 2.24. The topological polar surface area (TPSA) is 120 Å². The van der Waals surface area contributed by atoms with Crippen molar-refractivity contribution in [3.8, 4) is 5.75 Å². The van der Waals surface area contributed by atoms with Crippen molar-refractivity contribution >= 4 is 21.6 Å². The van der Waals surface area contributed by atoms with E-state index in [4.69, 9.17) is 4.74 Å². The van der Waals surface area contributed by atoms with Gasteiger partial charge in [0.1, 0.15) is 5.75 Å². The third-order valence-electron chi connectivity index (χ3n) is 6.64. The van der Waals surface area contributed by atoms with Gasteiger partial charge >= 0.3 is 0 Å². The van der Waals surface area contributed by atoms with Gasteiger partial charge < -0.3 is 20.5 Å². The van der Waals surface area contributed by atoms with E-state index in [0.29, 0.717) is 24.5 Å². The maximum Gasteiger partial charge on any atom is 0.258 e. The van der Waals surface area contributed by atoms with Crippen molar-refractivity contribution in [2.75, 3.05) is 50.3 Å². The molecule has 1 saturated heterocycles. The summed E-state index contributed by atoms with van der Waals surface area (Å²) in [5, 5.41) is 16.6. The number of carbonyl (C=O) groups is 1. The highest BCUT2D eigenvalue weighted by Crippen LogP contribution is 2.37. The van der Waals surface area contributed by atoms with Crippen LogP contribution in [0, 0.1) is 0 Å². The van der Waals surface area contributed by atoms with Crippen LogP contribution in [0.5, 0.6) is 5.75 Å². The Morgan fingerprint density at radius 3 is 2.78 bits per heavy atom. The molecule has 2 aromatic carbocycles. The van der Waals surface area contributed by atoms with E-state index >= 15 is 0 Å². The van der Waals surface area contributed by atoms with Gasteiger partial charge in [-0.05, 0) is 49.1 Å². The number of benzene rings is 2. The molecule has 1 fully saturated rings. The van der Waals surface area contributed by atoms with E-state index in [2.05, 4.69) is 38.5 Å². The summed E-state index contributed by atoms with van der Waals surface area (Å²) in [6, 6.07) is 13.5. The van der Waals surface area contributed by atoms with Gasteiger partial charge in [0, 0.05) is 44.2 Å². The number of hydrogen-bond donors (Lipinski definition) is 4. The molecule has 0 spiro atoms. The molecular formula is C26H36N4O5S. The largest absolute Gasteiger partial charge is 0.483 e. The monoisotopic (exact) mass is 516 g/mol. The molecule has 0 aliphatic carbocycles. The van der Waals surface area contributed by atoms with Crippen LogP contribution in [-0.2, 0) is 27.8 Å². The normalized spacial score (nSPS) is 19.2. The molecule has 0 aromatic heterocycles. The van der Waals surface area contributed by atoms with Gasteiger partial charge in [0.15, 0.2) is 6.61 Å². The van der Waals surface area contributed by atoms with Gasteiger partial charge in [0.25, 0.3) is 5.91 Å². The van der Waals surface area contributed by atoms with Crippen LogP contribution < -0.4 is 20.1 Å². The van der Waals surface area contributed by atoms with Crippen molar-refractivity contribution in [3.63, 3.8) is 0 Å². The Labute approximate surface area is 213 Å². The number of hydrogen-bond acceptors (Lipinski definition) is 7. The molecule has 2 aliphatic heterocycles. The van der Waals surface area contributed by atoms with E-state index in [1.54, 1.807) is 18.2 Å². The third kappa shape index (κ3) is 7.42. The van der Waals surface area contributed by atoms with Crippen LogP contribution in [0.1, 0.15) is 35.4 Å². The number of carbonyl (C=O) groups excluding carboxylic acids is 1. The molecule has 2 aliphatic rings. The van der Waals surface area contributed by atoms with Crippen LogP contribution in [0.3, 0.4) is 0 Å². The van der Waals surface area contributed by atoms with Gasteiger partial charge in [-0.15, -0.1) is 0 Å². The summed E-state index contributed by atoms with van der Waals surface area (Å²) < 4.78 is 32.3. The first kappa shape index (κ1) is 26.4. The maximum atomic E-state index is 12.5. The number of rotatable bonds is 10.